The van der Waals surface area contributed by atoms with Gasteiger partial charge in [0.05, 0.1) is 0 Å². The first-order valence-electron chi connectivity index (χ1n) is 3.63. The summed E-state index contributed by atoms with van der Waals surface area (Å²) in [6.45, 7) is 9.85. The average Bonchev–Trinajstić information content (AvgIpc) is 1.87. The Morgan fingerprint density at radius 1 is 1.60 bits per heavy atom. The lowest BCUT2D eigenvalue weighted by atomic mass is 10.0. The quantitative estimate of drug-likeness (QED) is 0.597. The number of rotatable bonds is 3. The van der Waals surface area contributed by atoms with E-state index in [1.807, 2.05) is 19.9 Å². The van der Waals surface area contributed by atoms with E-state index < -0.39 is 0 Å². The zero-order valence-electron chi connectivity index (χ0n) is 7.15. The number of allylic oxidation sites excluding steroid dienone is 3. The molecule has 0 aromatic carbocycles. The minimum Gasteiger partial charge on any atom is -0.402 e. The van der Waals surface area contributed by atoms with Crippen LogP contribution in [-0.2, 0) is 0 Å². The van der Waals surface area contributed by atoms with Gasteiger partial charge in [0.1, 0.15) is 0 Å². The molecule has 0 amide bonds. The van der Waals surface area contributed by atoms with Crippen LogP contribution in [-0.4, -0.2) is 0 Å². The van der Waals surface area contributed by atoms with E-state index in [0.29, 0.717) is 5.92 Å². The molecule has 0 aromatic rings. The van der Waals surface area contributed by atoms with E-state index in [2.05, 4.69) is 13.5 Å². The second-order valence-electron chi connectivity index (χ2n) is 2.88. The van der Waals surface area contributed by atoms with E-state index in [1.165, 1.54) is 5.57 Å². The summed E-state index contributed by atoms with van der Waals surface area (Å²) >= 11 is 0. The van der Waals surface area contributed by atoms with Crippen LogP contribution in [0.3, 0.4) is 0 Å². The Balaban J connectivity index is 4.06. The summed E-state index contributed by atoms with van der Waals surface area (Å²) < 4.78 is 0. The highest BCUT2D eigenvalue weighted by Crippen LogP contribution is 2.12. The van der Waals surface area contributed by atoms with Crippen molar-refractivity contribution in [3.8, 4) is 0 Å². The van der Waals surface area contributed by atoms with Crippen LogP contribution in [0.15, 0.2) is 23.9 Å². The second-order valence-corrected chi connectivity index (χ2v) is 2.88. The van der Waals surface area contributed by atoms with Gasteiger partial charge in [-0.25, -0.2) is 0 Å². The Hall–Kier alpha value is -0.720. The van der Waals surface area contributed by atoms with Crippen LogP contribution in [0, 0.1) is 5.92 Å². The van der Waals surface area contributed by atoms with Crippen LogP contribution in [0.1, 0.15) is 27.2 Å². The molecule has 1 atom stereocenters. The summed E-state index contributed by atoms with van der Waals surface area (Å²) in [4.78, 5) is 0. The maximum atomic E-state index is 5.78. The standard InChI is InChI=1S/C9H17N/c1-5-6-8(4)9(10)7(2)3/h5,8H,1,6,10H2,2-4H3. The molecule has 0 spiro atoms. The van der Waals surface area contributed by atoms with Gasteiger partial charge in [0.25, 0.3) is 0 Å². The Bertz CT molecular complexity index is 141. The Morgan fingerprint density at radius 2 is 2.10 bits per heavy atom. The van der Waals surface area contributed by atoms with Gasteiger partial charge in [-0.2, -0.15) is 0 Å². The van der Waals surface area contributed by atoms with Gasteiger partial charge >= 0.3 is 0 Å². The third-order valence-electron chi connectivity index (χ3n) is 1.63. The van der Waals surface area contributed by atoms with Crippen LogP contribution >= 0.6 is 0 Å². The fourth-order valence-corrected chi connectivity index (χ4v) is 0.870. The molecule has 1 nitrogen and oxygen atoms in total. The monoisotopic (exact) mass is 139 g/mol. The fraction of sp³-hybridized carbons (Fsp3) is 0.556. The van der Waals surface area contributed by atoms with Gasteiger partial charge in [-0.3, -0.25) is 0 Å². The molecule has 0 aliphatic carbocycles. The minimum absolute atomic E-state index is 0.447. The molecular weight excluding hydrogens is 122 g/mol. The smallest absolute Gasteiger partial charge is 0.00986 e. The fourth-order valence-electron chi connectivity index (χ4n) is 0.870. The lowest BCUT2D eigenvalue weighted by Gasteiger charge is -2.10. The molecule has 0 saturated heterocycles. The number of hydrogen-bond donors (Lipinski definition) is 1. The Morgan fingerprint density at radius 3 is 2.40 bits per heavy atom. The lowest BCUT2D eigenvalue weighted by molar-refractivity contribution is 0.677. The normalized spacial score (nSPS) is 12.3. The number of hydrogen-bond acceptors (Lipinski definition) is 1. The van der Waals surface area contributed by atoms with E-state index >= 15 is 0 Å². The number of nitrogens with two attached hydrogens (primary N) is 1. The minimum atomic E-state index is 0.447. The second kappa shape index (κ2) is 4.15. The topological polar surface area (TPSA) is 26.0 Å². The zero-order chi connectivity index (χ0) is 8.15. The molecule has 0 fully saturated rings. The SMILES string of the molecule is C=CCC(C)C(N)=C(C)C. The first-order chi connectivity index (χ1) is 4.59. The van der Waals surface area contributed by atoms with Gasteiger partial charge in [-0.1, -0.05) is 18.6 Å². The first kappa shape index (κ1) is 9.28. The van der Waals surface area contributed by atoms with Crippen LogP contribution in [0.5, 0.6) is 0 Å². The zero-order valence-corrected chi connectivity index (χ0v) is 7.15. The van der Waals surface area contributed by atoms with Crippen molar-refractivity contribution in [2.45, 2.75) is 27.2 Å². The van der Waals surface area contributed by atoms with E-state index in [4.69, 9.17) is 5.73 Å². The summed E-state index contributed by atoms with van der Waals surface area (Å²) in [7, 11) is 0. The van der Waals surface area contributed by atoms with Crippen molar-refractivity contribution in [2.24, 2.45) is 11.7 Å². The largest absolute Gasteiger partial charge is 0.402 e. The van der Waals surface area contributed by atoms with Crippen molar-refractivity contribution in [2.75, 3.05) is 0 Å². The van der Waals surface area contributed by atoms with Crippen LogP contribution in [0.2, 0.25) is 0 Å². The molecule has 0 aromatic heterocycles. The van der Waals surface area contributed by atoms with Crippen molar-refractivity contribution in [3.63, 3.8) is 0 Å². The van der Waals surface area contributed by atoms with E-state index in [1.54, 1.807) is 0 Å². The Kier molecular flexibility index (Phi) is 3.85. The molecule has 0 bridgehead atoms. The van der Waals surface area contributed by atoms with E-state index in [0.717, 1.165) is 12.1 Å². The maximum absolute atomic E-state index is 5.78. The molecule has 1 heteroatoms. The lowest BCUT2D eigenvalue weighted by Crippen LogP contribution is -2.09. The molecule has 10 heavy (non-hydrogen) atoms. The van der Waals surface area contributed by atoms with Gasteiger partial charge in [0, 0.05) is 5.70 Å². The van der Waals surface area contributed by atoms with Crippen molar-refractivity contribution in [1.29, 1.82) is 0 Å². The molecule has 2 N–H and O–H groups in total. The summed E-state index contributed by atoms with van der Waals surface area (Å²) in [6, 6.07) is 0. The van der Waals surface area contributed by atoms with Gasteiger partial charge in [-0.15, -0.1) is 6.58 Å². The van der Waals surface area contributed by atoms with E-state index in [9.17, 15) is 0 Å². The van der Waals surface area contributed by atoms with Crippen LogP contribution in [0.4, 0.5) is 0 Å². The van der Waals surface area contributed by atoms with E-state index in [-0.39, 0.29) is 0 Å². The highest BCUT2D eigenvalue weighted by atomic mass is 14.6. The summed E-state index contributed by atoms with van der Waals surface area (Å²) in [5.41, 5.74) is 7.99. The first-order valence-corrected chi connectivity index (χ1v) is 3.63. The molecule has 0 rings (SSSR count). The summed E-state index contributed by atoms with van der Waals surface area (Å²) in [5, 5.41) is 0. The maximum Gasteiger partial charge on any atom is 0.00986 e. The van der Waals surface area contributed by atoms with Crippen molar-refractivity contribution >= 4 is 0 Å². The van der Waals surface area contributed by atoms with Crippen molar-refractivity contribution < 1.29 is 0 Å². The molecule has 0 aliphatic rings. The third-order valence-corrected chi connectivity index (χ3v) is 1.63. The molecule has 0 aliphatic heterocycles. The average molecular weight is 139 g/mol. The van der Waals surface area contributed by atoms with Gasteiger partial charge in [-0.05, 0) is 26.2 Å². The highest BCUT2D eigenvalue weighted by molar-refractivity contribution is 5.09. The van der Waals surface area contributed by atoms with Crippen molar-refractivity contribution in [1.82, 2.24) is 0 Å². The van der Waals surface area contributed by atoms with Gasteiger partial charge in [0.15, 0.2) is 0 Å². The van der Waals surface area contributed by atoms with Crippen LogP contribution in [0.25, 0.3) is 0 Å². The Labute approximate surface area is 63.6 Å². The van der Waals surface area contributed by atoms with Gasteiger partial charge < -0.3 is 5.73 Å². The molecule has 0 radical (unpaired) electrons. The predicted molar refractivity (Wildman–Crippen MR) is 46.5 cm³/mol. The molecular formula is C9H17N. The highest BCUT2D eigenvalue weighted by Gasteiger charge is 2.02. The predicted octanol–water partition coefficient (Wildman–Crippen LogP) is 2.45. The summed E-state index contributed by atoms with van der Waals surface area (Å²) in [6.07, 6.45) is 2.87. The third kappa shape index (κ3) is 2.72. The molecule has 1 unspecified atom stereocenters. The van der Waals surface area contributed by atoms with Gasteiger partial charge in [0.2, 0.25) is 0 Å². The van der Waals surface area contributed by atoms with Crippen molar-refractivity contribution in [3.05, 3.63) is 23.9 Å². The molecule has 0 saturated carbocycles. The van der Waals surface area contributed by atoms with Crippen LogP contribution < -0.4 is 5.73 Å². The summed E-state index contributed by atoms with van der Waals surface area (Å²) in [5.74, 6) is 0.447. The molecule has 58 valence electrons. The molecule has 0 heterocycles.